The molecule has 0 saturated carbocycles. The third kappa shape index (κ3) is 3.46. The summed E-state index contributed by atoms with van der Waals surface area (Å²) in [5.74, 6) is 0.0708. The minimum absolute atomic E-state index is 0.0708. The van der Waals surface area contributed by atoms with Crippen LogP contribution in [0.15, 0.2) is 23.5 Å². The third-order valence-electron chi connectivity index (χ3n) is 3.77. The molecule has 0 atom stereocenters. The SMILES string of the molecule is CC(C)N1CCN(Cc2cccnc2C(N)=NO)CC1. The van der Waals surface area contributed by atoms with Gasteiger partial charge >= 0.3 is 0 Å². The van der Waals surface area contributed by atoms with Crippen molar-refractivity contribution < 1.29 is 5.21 Å². The summed E-state index contributed by atoms with van der Waals surface area (Å²) in [7, 11) is 0. The van der Waals surface area contributed by atoms with Gasteiger partial charge in [0, 0.05) is 45.0 Å². The van der Waals surface area contributed by atoms with E-state index in [2.05, 4.69) is 33.8 Å². The van der Waals surface area contributed by atoms with E-state index in [1.807, 2.05) is 12.1 Å². The summed E-state index contributed by atoms with van der Waals surface area (Å²) in [6.45, 7) is 9.46. The molecule has 6 nitrogen and oxygen atoms in total. The Labute approximate surface area is 119 Å². The van der Waals surface area contributed by atoms with Crippen LogP contribution in [0.2, 0.25) is 0 Å². The highest BCUT2D eigenvalue weighted by Gasteiger charge is 2.20. The second kappa shape index (κ2) is 6.67. The summed E-state index contributed by atoms with van der Waals surface area (Å²) in [6.07, 6.45) is 1.66. The zero-order chi connectivity index (χ0) is 14.5. The van der Waals surface area contributed by atoms with Crippen molar-refractivity contribution in [2.24, 2.45) is 10.9 Å². The maximum Gasteiger partial charge on any atom is 0.189 e. The van der Waals surface area contributed by atoms with Gasteiger partial charge in [-0.25, -0.2) is 0 Å². The van der Waals surface area contributed by atoms with Crippen LogP contribution in [0, 0.1) is 0 Å². The Morgan fingerprint density at radius 3 is 2.70 bits per heavy atom. The van der Waals surface area contributed by atoms with Crippen molar-refractivity contribution in [1.29, 1.82) is 0 Å². The van der Waals surface area contributed by atoms with E-state index in [9.17, 15) is 0 Å². The van der Waals surface area contributed by atoms with Gasteiger partial charge < -0.3 is 10.9 Å². The maximum absolute atomic E-state index is 8.82. The fourth-order valence-corrected chi connectivity index (χ4v) is 2.52. The molecule has 2 rings (SSSR count). The van der Waals surface area contributed by atoms with Crippen molar-refractivity contribution in [3.05, 3.63) is 29.6 Å². The molecule has 1 fully saturated rings. The van der Waals surface area contributed by atoms with Crippen molar-refractivity contribution in [3.63, 3.8) is 0 Å². The molecule has 1 aliphatic heterocycles. The molecular weight excluding hydrogens is 254 g/mol. The fourth-order valence-electron chi connectivity index (χ4n) is 2.52. The number of hydrogen-bond donors (Lipinski definition) is 2. The lowest BCUT2D eigenvalue weighted by Crippen LogP contribution is -2.48. The Kier molecular flexibility index (Phi) is 4.92. The Morgan fingerprint density at radius 2 is 2.10 bits per heavy atom. The molecule has 0 unspecified atom stereocenters. The smallest absolute Gasteiger partial charge is 0.189 e. The molecule has 0 bridgehead atoms. The van der Waals surface area contributed by atoms with Crippen LogP contribution < -0.4 is 5.73 Å². The molecule has 20 heavy (non-hydrogen) atoms. The molecule has 1 saturated heterocycles. The topological polar surface area (TPSA) is 78.0 Å². The lowest BCUT2D eigenvalue weighted by atomic mass is 10.1. The number of rotatable bonds is 4. The van der Waals surface area contributed by atoms with Gasteiger partial charge in [-0.2, -0.15) is 0 Å². The minimum atomic E-state index is 0.0708. The van der Waals surface area contributed by atoms with E-state index in [0.717, 1.165) is 38.3 Å². The van der Waals surface area contributed by atoms with Crippen molar-refractivity contribution in [2.75, 3.05) is 26.2 Å². The second-order valence-electron chi connectivity index (χ2n) is 5.40. The molecule has 0 spiro atoms. The van der Waals surface area contributed by atoms with Crippen molar-refractivity contribution >= 4 is 5.84 Å². The van der Waals surface area contributed by atoms with Crippen LogP contribution >= 0.6 is 0 Å². The van der Waals surface area contributed by atoms with Crippen LogP contribution in [-0.4, -0.2) is 58.0 Å². The van der Waals surface area contributed by atoms with Gasteiger partial charge in [0.25, 0.3) is 0 Å². The lowest BCUT2D eigenvalue weighted by molar-refractivity contribution is 0.104. The monoisotopic (exact) mass is 277 g/mol. The highest BCUT2D eigenvalue weighted by molar-refractivity contribution is 5.96. The van der Waals surface area contributed by atoms with Gasteiger partial charge in [0.1, 0.15) is 5.69 Å². The number of aromatic nitrogens is 1. The molecule has 0 aliphatic carbocycles. The highest BCUT2D eigenvalue weighted by Crippen LogP contribution is 2.12. The van der Waals surface area contributed by atoms with Crippen LogP contribution in [0.3, 0.4) is 0 Å². The largest absolute Gasteiger partial charge is 0.409 e. The van der Waals surface area contributed by atoms with Gasteiger partial charge in [-0.3, -0.25) is 14.8 Å². The van der Waals surface area contributed by atoms with E-state index in [1.54, 1.807) is 6.20 Å². The van der Waals surface area contributed by atoms with E-state index in [-0.39, 0.29) is 5.84 Å². The van der Waals surface area contributed by atoms with Gasteiger partial charge in [-0.05, 0) is 25.5 Å². The average Bonchev–Trinajstić information content (AvgIpc) is 2.47. The first-order valence-corrected chi connectivity index (χ1v) is 7.00. The van der Waals surface area contributed by atoms with Gasteiger partial charge in [-0.1, -0.05) is 11.2 Å². The maximum atomic E-state index is 8.82. The third-order valence-corrected chi connectivity index (χ3v) is 3.77. The molecule has 2 heterocycles. The molecule has 1 aromatic rings. The summed E-state index contributed by atoms with van der Waals surface area (Å²) < 4.78 is 0. The minimum Gasteiger partial charge on any atom is -0.409 e. The number of oxime groups is 1. The first-order chi connectivity index (χ1) is 9.61. The van der Waals surface area contributed by atoms with Gasteiger partial charge in [0.2, 0.25) is 0 Å². The summed E-state index contributed by atoms with van der Waals surface area (Å²) >= 11 is 0. The molecule has 3 N–H and O–H groups in total. The second-order valence-corrected chi connectivity index (χ2v) is 5.40. The molecule has 0 amide bonds. The average molecular weight is 277 g/mol. The standard InChI is InChI=1S/C14H23N5O/c1-11(2)19-8-6-18(7-9-19)10-12-4-3-5-16-13(12)14(15)17-20/h3-5,11,20H,6-10H2,1-2H3,(H2,15,17). The molecule has 0 aromatic carbocycles. The van der Waals surface area contributed by atoms with E-state index < -0.39 is 0 Å². The molecule has 110 valence electrons. The number of piperazine rings is 1. The number of amidine groups is 1. The molecular formula is C14H23N5O. The van der Waals surface area contributed by atoms with E-state index in [4.69, 9.17) is 10.9 Å². The Bertz CT molecular complexity index is 466. The predicted octanol–water partition coefficient (Wildman–Crippen LogP) is 0.702. The Morgan fingerprint density at radius 1 is 1.40 bits per heavy atom. The van der Waals surface area contributed by atoms with E-state index in [1.165, 1.54) is 0 Å². The molecule has 0 radical (unpaired) electrons. The highest BCUT2D eigenvalue weighted by atomic mass is 16.4. The van der Waals surface area contributed by atoms with Gasteiger partial charge in [-0.15, -0.1) is 0 Å². The van der Waals surface area contributed by atoms with Crippen LogP contribution in [0.25, 0.3) is 0 Å². The molecule has 1 aliphatic rings. The summed E-state index contributed by atoms with van der Waals surface area (Å²) in [5, 5.41) is 11.9. The van der Waals surface area contributed by atoms with Crippen LogP contribution in [0.1, 0.15) is 25.1 Å². The van der Waals surface area contributed by atoms with Crippen molar-refractivity contribution in [3.8, 4) is 0 Å². The fraction of sp³-hybridized carbons (Fsp3) is 0.571. The number of pyridine rings is 1. The lowest BCUT2D eigenvalue weighted by Gasteiger charge is -2.37. The summed E-state index contributed by atoms with van der Waals surface area (Å²) in [5.41, 5.74) is 7.24. The van der Waals surface area contributed by atoms with E-state index in [0.29, 0.717) is 11.7 Å². The van der Waals surface area contributed by atoms with Crippen molar-refractivity contribution in [2.45, 2.75) is 26.4 Å². The van der Waals surface area contributed by atoms with Crippen LogP contribution in [0.5, 0.6) is 0 Å². The van der Waals surface area contributed by atoms with Crippen molar-refractivity contribution in [1.82, 2.24) is 14.8 Å². The quantitative estimate of drug-likeness (QED) is 0.367. The summed E-state index contributed by atoms with van der Waals surface area (Å²) in [4.78, 5) is 9.06. The predicted molar refractivity (Wildman–Crippen MR) is 78.7 cm³/mol. The first-order valence-electron chi connectivity index (χ1n) is 7.00. The zero-order valence-electron chi connectivity index (χ0n) is 12.2. The van der Waals surface area contributed by atoms with Crippen LogP contribution in [-0.2, 0) is 6.54 Å². The normalized spacial score (nSPS) is 18.6. The Balaban J connectivity index is 2.01. The summed E-state index contributed by atoms with van der Waals surface area (Å²) in [6, 6.07) is 4.46. The number of hydrogen-bond acceptors (Lipinski definition) is 5. The van der Waals surface area contributed by atoms with Crippen LogP contribution in [0.4, 0.5) is 0 Å². The Hall–Kier alpha value is -1.66. The molecule has 1 aromatic heterocycles. The van der Waals surface area contributed by atoms with E-state index >= 15 is 0 Å². The number of nitrogens with two attached hydrogens (primary N) is 1. The zero-order valence-corrected chi connectivity index (χ0v) is 12.2. The van der Waals surface area contributed by atoms with Gasteiger partial charge in [0.15, 0.2) is 5.84 Å². The molecule has 6 heteroatoms. The number of nitrogens with zero attached hydrogens (tertiary/aromatic N) is 4. The first kappa shape index (κ1) is 14.7. The van der Waals surface area contributed by atoms with Gasteiger partial charge in [0.05, 0.1) is 0 Å².